The highest BCUT2D eigenvalue weighted by atomic mass is 79.9. The first-order valence-electron chi connectivity index (χ1n) is 7.75. The van der Waals surface area contributed by atoms with Crippen molar-refractivity contribution in [3.8, 4) is 11.5 Å². The minimum atomic E-state index is -0.296. The smallest absolute Gasteiger partial charge is 0.319 e. The fourth-order valence-corrected chi connectivity index (χ4v) is 2.50. The van der Waals surface area contributed by atoms with E-state index >= 15 is 0 Å². The number of nitrogens with one attached hydrogen (secondary N) is 2. The molecule has 2 amide bonds. The van der Waals surface area contributed by atoms with Crippen LogP contribution in [0.5, 0.6) is 11.5 Å². The molecule has 0 unspecified atom stereocenters. The summed E-state index contributed by atoms with van der Waals surface area (Å²) in [5.41, 5.74) is 2.68. The molecule has 0 spiro atoms. The average molecular weight is 409 g/mol. The number of aryl methyl sites for hydroxylation is 1. The third-order valence-corrected chi connectivity index (χ3v) is 4.31. The van der Waals surface area contributed by atoms with E-state index in [0.29, 0.717) is 23.7 Å². The molecule has 0 aliphatic heterocycles. The van der Waals surface area contributed by atoms with Crippen LogP contribution in [0.25, 0.3) is 0 Å². The van der Waals surface area contributed by atoms with Crippen molar-refractivity contribution in [3.63, 3.8) is 0 Å². The lowest BCUT2D eigenvalue weighted by Crippen LogP contribution is -2.28. The number of carbonyl (C=O) groups is 1. The standard InChI is InChI=1S/C18H21BrN2O4/c1-12-3-5-14(10-15(12)19)21-18(23)20-11-13-4-6-16(25-8-7-22)17(9-13)24-2/h3-6,9-10,22H,7-8,11H2,1-2H3,(H2,20,21,23). The van der Waals surface area contributed by atoms with Gasteiger partial charge in [-0.25, -0.2) is 4.79 Å². The SMILES string of the molecule is COc1cc(CNC(=O)Nc2ccc(C)c(Br)c2)ccc1OCCO. The fraction of sp³-hybridized carbons (Fsp3) is 0.278. The molecular formula is C18H21BrN2O4. The van der Waals surface area contributed by atoms with Crippen LogP contribution in [0.2, 0.25) is 0 Å². The Morgan fingerprint density at radius 1 is 1.20 bits per heavy atom. The molecule has 2 aromatic carbocycles. The highest BCUT2D eigenvalue weighted by Crippen LogP contribution is 2.28. The molecule has 0 saturated heterocycles. The van der Waals surface area contributed by atoms with Crippen LogP contribution in [0.4, 0.5) is 10.5 Å². The van der Waals surface area contributed by atoms with E-state index in [2.05, 4.69) is 26.6 Å². The Bertz CT molecular complexity index is 737. The molecule has 0 saturated carbocycles. The van der Waals surface area contributed by atoms with Gasteiger partial charge in [-0.15, -0.1) is 0 Å². The summed E-state index contributed by atoms with van der Waals surface area (Å²) in [6.45, 7) is 2.45. The summed E-state index contributed by atoms with van der Waals surface area (Å²) in [4.78, 5) is 12.0. The molecule has 0 aromatic heterocycles. The van der Waals surface area contributed by atoms with Gasteiger partial charge in [-0.05, 0) is 42.3 Å². The summed E-state index contributed by atoms with van der Waals surface area (Å²) in [6, 6.07) is 10.7. The van der Waals surface area contributed by atoms with Crippen molar-refractivity contribution in [3.05, 3.63) is 52.0 Å². The van der Waals surface area contributed by atoms with E-state index in [1.807, 2.05) is 31.2 Å². The predicted molar refractivity (Wildman–Crippen MR) is 100 cm³/mol. The molecule has 0 aliphatic rings. The van der Waals surface area contributed by atoms with Crippen molar-refractivity contribution in [2.45, 2.75) is 13.5 Å². The van der Waals surface area contributed by atoms with Gasteiger partial charge in [0.05, 0.1) is 13.7 Å². The van der Waals surface area contributed by atoms with Crippen LogP contribution < -0.4 is 20.1 Å². The molecule has 2 rings (SSSR count). The lowest BCUT2D eigenvalue weighted by molar-refractivity contribution is 0.196. The maximum Gasteiger partial charge on any atom is 0.319 e. The number of aliphatic hydroxyl groups is 1. The Kier molecular flexibility index (Phi) is 7.09. The number of aliphatic hydroxyl groups excluding tert-OH is 1. The van der Waals surface area contributed by atoms with Gasteiger partial charge in [-0.3, -0.25) is 0 Å². The molecule has 134 valence electrons. The summed E-state index contributed by atoms with van der Waals surface area (Å²) < 4.78 is 11.6. The second-order valence-corrected chi connectivity index (χ2v) is 6.18. The van der Waals surface area contributed by atoms with Crippen molar-refractivity contribution in [1.29, 1.82) is 0 Å². The molecule has 25 heavy (non-hydrogen) atoms. The lowest BCUT2D eigenvalue weighted by atomic mass is 10.2. The van der Waals surface area contributed by atoms with E-state index in [4.69, 9.17) is 14.6 Å². The van der Waals surface area contributed by atoms with Crippen molar-refractivity contribution < 1.29 is 19.4 Å². The van der Waals surface area contributed by atoms with E-state index in [-0.39, 0.29) is 19.2 Å². The van der Waals surface area contributed by atoms with Crippen molar-refractivity contribution in [1.82, 2.24) is 5.32 Å². The van der Waals surface area contributed by atoms with Gasteiger partial charge in [-0.2, -0.15) is 0 Å². The zero-order chi connectivity index (χ0) is 18.2. The number of benzene rings is 2. The zero-order valence-corrected chi connectivity index (χ0v) is 15.7. The molecule has 7 heteroatoms. The molecular weight excluding hydrogens is 388 g/mol. The first-order chi connectivity index (χ1) is 12.0. The first kappa shape index (κ1) is 19.1. The number of hydrogen-bond acceptors (Lipinski definition) is 4. The van der Waals surface area contributed by atoms with E-state index in [0.717, 1.165) is 15.6 Å². The number of ether oxygens (including phenoxy) is 2. The minimum Gasteiger partial charge on any atom is -0.493 e. The molecule has 2 aromatic rings. The number of methoxy groups -OCH3 is 1. The Balaban J connectivity index is 1.93. The van der Waals surface area contributed by atoms with Gasteiger partial charge in [-0.1, -0.05) is 28.1 Å². The molecule has 0 heterocycles. The topological polar surface area (TPSA) is 79.8 Å². The van der Waals surface area contributed by atoms with Gasteiger partial charge in [0, 0.05) is 16.7 Å². The van der Waals surface area contributed by atoms with E-state index in [9.17, 15) is 4.79 Å². The van der Waals surface area contributed by atoms with Gasteiger partial charge in [0.15, 0.2) is 11.5 Å². The molecule has 0 bridgehead atoms. The summed E-state index contributed by atoms with van der Waals surface area (Å²) >= 11 is 3.44. The molecule has 0 fully saturated rings. The second kappa shape index (κ2) is 9.29. The van der Waals surface area contributed by atoms with E-state index in [1.165, 1.54) is 0 Å². The second-order valence-electron chi connectivity index (χ2n) is 5.33. The molecule has 6 nitrogen and oxygen atoms in total. The maximum absolute atomic E-state index is 12.0. The Labute approximate surface area is 155 Å². The van der Waals surface area contributed by atoms with Gasteiger partial charge >= 0.3 is 6.03 Å². The largest absolute Gasteiger partial charge is 0.493 e. The van der Waals surface area contributed by atoms with Crippen molar-refractivity contribution >= 4 is 27.6 Å². The third kappa shape index (κ3) is 5.65. The Morgan fingerprint density at radius 2 is 2.00 bits per heavy atom. The number of anilines is 1. The number of urea groups is 1. The lowest BCUT2D eigenvalue weighted by Gasteiger charge is -2.12. The van der Waals surface area contributed by atoms with E-state index in [1.54, 1.807) is 19.2 Å². The molecule has 0 atom stereocenters. The van der Waals surface area contributed by atoms with Crippen LogP contribution in [0.3, 0.4) is 0 Å². The number of amides is 2. The number of hydrogen-bond donors (Lipinski definition) is 3. The van der Waals surface area contributed by atoms with E-state index < -0.39 is 0 Å². The molecule has 0 aliphatic carbocycles. The summed E-state index contributed by atoms with van der Waals surface area (Å²) in [5, 5.41) is 14.4. The number of rotatable bonds is 7. The van der Waals surface area contributed by atoms with Gasteiger partial charge in [0.1, 0.15) is 6.61 Å². The van der Waals surface area contributed by atoms with Gasteiger partial charge in [0.25, 0.3) is 0 Å². The molecule has 0 radical (unpaired) electrons. The maximum atomic E-state index is 12.0. The predicted octanol–water partition coefficient (Wildman–Crippen LogP) is 3.46. The van der Waals surface area contributed by atoms with Crippen LogP contribution in [0, 0.1) is 6.92 Å². The number of halogens is 1. The van der Waals surface area contributed by atoms with Crippen molar-refractivity contribution in [2.75, 3.05) is 25.6 Å². The number of carbonyl (C=O) groups excluding carboxylic acids is 1. The van der Waals surface area contributed by atoms with Crippen LogP contribution in [-0.4, -0.2) is 31.5 Å². The highest BCUT2D eigenvalue weighted by Gasteiger charge is 2.08. The van der Waals surface area contributed by atoms with Crippen LogP contribution in [-0.2, 0) is 6.54 Å². The minimum absolute atomic E-state index is 0.0677. The monoisotopic (exact) mass is 408 g/mol. The highest BCUT2D eigenvalue weighted by molar-refractivity contribution is 9.10. The van der Waals surface area contributed by atoms with Crippen LogP contribution in [0.1, 0.15) is 11.1 Å². The Hall–Kier alpha value is -2.25. The third-order valence-electron chi connectivity index (χ3n) is 3.46. The quantitative estimate of drug-likeness (QED) is 0.655. The molecule has 3 N–H and O–H groups in total. The summed E-state index contributed by atoms with van der Waals surface area (Å²) in [6.07, 6.45) is 0. The van der Waals surface area contributed by atoms with Crippen LogP contribution in [0.15, 0.2) is 40.9 Å². The first-order valence-corrected chi connectivity index (χ1v) is 8.54. The average Bonchev–Trinajstić information content (AvgIpc) is 2.61. The Morgan fingerprint density at radius 3 is 2.68 bits per heavy atom. The normalized spacial score (nSPS) is 10.2. The van der Waals surface area contributed by atoms with Gasteiger partial charge < -0.3 is 25.2 Å². The van der Waals surface area contributed by atoms with Gasteiger partial charge in [0.2, 0.25) is 0 Å². The summed E-state index contributed by atoms with van der Waals surface area (Å²) in [7, 11) is 1.54. The van der Waals surface area contributed by atoms with Crippen LogP contribution >= 0.6 is 15.9 Å². The van der Waals surface area contributed by atoms with Crippen molar-refractivity contribution in [2.24, 2.45) is 0 Å². The fourth-order valence-electron chi connectivity index (χ4n) is 2.13. The summed E-state index contributed by atoms with van der Waals surface area (Å²) in [5.74, 6) is 1.10. The zero-order valence-electron chi connectivity index (χ0n) is 14.1.